The van der Waals surface area contributed by atoms with Crippen molar-refractivity contribution in [2.45, 2.75) is 12.3 Å². The fourth-order valence-electron chi connectivity index (χ4n) is 1.88. The predicted octanol–water partition coefficient (Wildman–Crippen LogP) is 0.415. The third kappa shape index (κ3) is 1.09. The number of aromatic amines is 1. The molecular formula is C9H11N5. The van der Waals surface area contributed by atoms with Gasteiger partial charge in [0.25, 0.3) is 0 Å². The zero-order valence-electron chi connectivity index (χ0n) is 7.64. The van der Waals surface area contributed by atoms with Gasteiger partial charge >= 0.3 is 0 Å². The highest BCUT2D eigenvalue weighted by Gasteiger charge is 2.37. The molecule has 1 aliphatic carbocycles. The standard InChI is InChI=1S/C9H11N5/c10-3-5-1-7(5)6-2-8-9(11-4-6)13-14-12-8/h2,4-5,7H,1,3,10H2,(H,11,12,13,14). The number of aromatic nitrogens is 4. The van der Waals surface area contributed by atoms with E-state index >= 15 is 0 Å². The molecule has 2 heterocycles. The summed E-state index contributed by atoms with van der Waals surface area (Å²) in [5.74, 6) is 1.23. The highest BCUT2D eigenvalue weighted by atomic mass is 15.3. The average molecular weight is 189 g/mol. The minimum atomic E-state index is 0.591. The molecule has 2 aromatic heterocycles. The zero-order chi connectivity index (χ0) is 9.54. The van der Waals surface area contributed by atoms with E-state index in [-0.39, 0.29) is 0 Å². The second-order valence-corrected chi connectivity index (χ2v) is 3.77. The molecule has 14 heavy (non-hydrogen) atoms. The highest BCUT2D eigenvalue weighted by molar-refractivity contribution is 5.69. The maximum atomic E-state index is 5.60. The van der Waals surface area contributed by atoms with Crippen LogP contribution < -0.4 is 5.73 Å². The molecule has 0 radical (unpaired) electrons. The molecule has 5 nitrogen and oxygen atoms in total. The van der Waals surface area contributed by atoms with Crippen LogP contribution in [0.25, 0.3) is 11.2 Å². The number of nitrogens with one attached hydrogen (secondary N) is 1. The summed E-state index contributed by atoms with van der Waals surface area (Å²) < 4.78 is 0. The Bertz CT molecular complexity index is 463. The van der Waals surface area contributed by atoms with Crippen LogP contribution in [0, 0.1) is 5.92 Å². The van der Waals surface area contributed by atoms with E-state index in [0.29, 0.717) is 17.5 Å². The molecule has 2 unspecified atom stereocenters. The lowest BCUT2D eigenvalue weighted by Crippen LogP contribution is -2.02. The number of pyridine rings is 1. The third-order valence-electron chi connectivity index (χ3n) is 2.85. The Hall–Kier alpha value is -1.49. The topological polar surface area (TPSA) is 80.5 Å². The van der Waals surface area contributed by atoms with Crippen LogP contribution in [0.3, 0.4) is 0 Å². The van der Waals surface area contributed by atoms with Crippen LogP contribution in [0.2, 0.25) is 0 Å². The van der Waals surface area contributed by atoms with Crippen molar-refractivity contribution in [3.63, 3.8) is 0 Å². The summed E-state index contributed by atoms with van der Waals surface area (Å²) in [5.41, 5.74) is 8.35. The average Bonchev–Trinajstić information content (AvgIpc) is 2.87. The lowest BCUT2D eigenvalue weighted by atomic mass is 10.1. The summed E-state index contributed by atoms with van der Waals surface area (Å²) in [4.78, 5) is 4.23. The minimum Gasteiger partial charge on any atom is -0.330 e. The van der Waals surface area contributed by atoms with Crippen molar-refractivity contribution in [1.82, 2.24) is 20.4 Å². The van der Waals surface area contributed by atoms with Gasteiger partial charge in [-0.25, -0.2) is 4.98 Å². The second-order valence-electron chi connectivity index (χ2n) is 3.77. The molecule has 1 aliphatic rings. The lowest BCUT2D eigenvalue weighted by molar-refractivity contribution is 0.808. The van der Waals surface area contributed by atoms with Crippen molar-refractivity contribution in [3.8, 4) is 0 Å². The second kappa shape index (κ2) is 2.75. The van der Waals surface area contributed by atoms with E-state index in [0.717, 1.165) is 12.1 Å². The van der Waals surface area contributed by atoms with Crippen LogP contribution in [0.15, 0.2) is 12.3 Å². The van der Waals surface area contributed by atoms with Crippen molar-refractivity contribution in [3.05, 3.63) is 17.8 Å². The lowest BCUT2D eigenvalue weighted by Gasteiger charge is -1.96. The number of rotatable bonds is 2. The maximum Gasteiger partial charge on any atom is 0.201 e. The molecular weight excluding hydrogens is 178 g/mol. The van der Waals surface area contributed by atoms with Gasteiger partial charge in [-0.1, -0.05) is 0 Å². The summed E-state index contributed by atoms with van der Waals surface area (Å²) in [7, 11) is 0. The van der Waals surface area contributed by atoms with Crippen molar-refractivity contribution < 1.29 is 0 Å². The molecule has 5 heteroatoms. The van der Waals surface area contributed by atoms with Gasteiger partial charge in [-0.15, -0.1) is 5.10 Å². The summed E-state index contributed by atoms with van der Waals surface area (Å²) in [6.45, 7) is 0.765. The minimum absolute atomic E-state index is 0.591. The van der Waals surface area contributed by atoms with E-state index < -0.39 is 0 Å². The van der Waals surface area contributed by atoms with Crippen LogP contribution in [0.4, 0.5) is 0 Å². The number of nitrogens with zero attached hydrogens (tertiary/aromatic N) is 3. The summed E-state index contributed by atoms with van der Waals surface area (Å²) >= 11 is 0. The van der Waals surface area contributed by atoms with Gasteiger partial charge in [0.05, 0.1) is 0 Å². The molecule has 1 saturated carbocycles. The molecule has 72 valence electrons. The fourth-order valence-corrected chi connectivity index (χ4v) is 1.88. The molecule has 0 saturated heterocycles. The summed E-state index contributed by atoms with van der Waals surface area (Å²) in [6.07, 6.45) is 3.06. The van der Waals surface area contributed by atoms with Gasteiger partial charge < -0.3 is 5.73 Å². The Balaban J connectivity index is 1.98. The predicted molar refractivity (Wildman–Crippen MR) is 51.6 cm³/mol. The zero-order valence-corrected chi connectivity index (χ0v) is 7.64. The van der Waals surface area contributed by atoms with Gasteiger partial charge in [0, 0.05) is 6.20 Å². The van der Waals surface area contributed by atoms with Crippen molar-refractivity contribution in [2.75, 3.05) is 6.54 Å². The molecule has 1 fully saturated rings. The number of fused-ring (bicyclic) bond motifs is 1. The monoisotopic (exact) mass is 189 g/mol. The van der Waals surface area contributed by atoms with Crippen molar-refractivity contribution in [2.24, 2.45) is 11.7 Å². The van der Waals surface area contributed by atoms with Crippen molar-refractivity contribution >= 4 is 11.2 Å². The van der Waals surface area contributed by atoms with E-state index in [9.17, 15) is 0 Å². The first-order valence-electron chi connectivity index (χ1n) is 4.75. The molecule has 3 N–H and O–H groups in total. The van der Waals surface area contributed by atoms with E-state index in [2.05, 4.69) is 20.4 Å². The Morgan fingerprint density at radius 2 is 2.43 bits per heavy atom. The number of nitrogens with two attached hydrogens (primary N) is 1. The molecule has 2 atom stereocenters. The van der Waals surface area contributed by atoms with Crippen LogP contribution in [-0.2, 0) is 0 Å². The SMILES string of the molecule is NCC1CC1c1cnc2n[nH]nc2c1. The first kappa shape index (κ1) is 7.87. The Labute approximate surface area is 80.7 Å². The Morgan fingerprint density at radius 3 is 3.21 bits per heavy atom. The number of hydrogen-bond acceptors (Lipinski definition) is 4. The van der Waals surface area contributed by atoms with E-state index in [1.807, 2.05) is 12.3 Å². The van der Waals surface area contributed by atoms with E-state index in [4.69, 9.17) is 5.73 Å². The van der Waals surface area contributed by atoms with Gasteiger partial charge in [-0.2, -0.15) is 10.3 Å². The van der Waals surface area contributed by atoms with Crippen LogP contribution in [-0.4, -0.2) is 26.9 Å². The van der Waals surface area contributed by atoms with Crippen LogP contribution in [0.5, 0.6) is 0 Å². The molecule has 0 aromatic carbocycles. The maximum absolute atomic E-state index is 5.60. The molecule has 0 amide bonds. The molecule has 0 spiro atoms. The number of H-pyrrole nitrogens is 1. The molecule has 0 bridgehead atoms. The first-order valence-corrected chi connectivity index (χ1v) is 4.75. The first-order chi connectivity index (χ1) is 6.88. The van der Waals surface area contributed by atoms with Gasteiger partial charge in [0.15, 0.2) is 0 Å². The smallest absolute Gasteiger partial charge is 0.201 e. The molecule has 2 aromatic rings. The van der Waals surface area contributed by atoms with Crippen LogP contribution >= 0.6 is 0 Å². The number of hydrogen-bond donors (Lipinski definition) is 2. The van der Waals surface area contributed by atoms with Gasteiger partial charge in [-0.3, -0.25) is 0 Å². The quantitative estimate of drug-likeness (QED) is 0.717. The molecule has 3 rings (SSSR count). The van der Waals surface area contributed by atoms with E-state index in [1.165, 1.54) is 12.0 Å². The fraction of sp³-hybridized carbons (Fsp3) is 0.444. The molecule has 0 aliphatic heterocycles. The normalized spacial score (nSPS) is 25.5. The summed E-state index contributed by atoms with van der Waals surface area (Å²) in [6, 6.07) is 2.05. The van der Waals surface area contributed by atoms with E-state index in [1.54, 1.807) is 0 Å². The Kier molecular flexibility index (Phi) is 1.55. The van der Waals surface area contributed by atoms with Gasteiger partial charge in [0.1, 0.15) is 5.52 Å². The van der Waals surface area contributed by atoms with Crippen LogP contribution in [0.1, 0.15) is 17.9 Å². The third-order valence-corrected chi connectivity index (χ3v) is 2.85. The Morgan fingerprint density at radius 1 is 1.50 bits per heavy atom. The van der Waals surface area contributed by atoms with Gasteiger partial charge in [0.2, 0.25) is 5.65 Å². The van der Waals surface area contributed by atoms with Gasteiger partial charge in [-0.05, 0) is 36.4 Å². The summed E-state index contributed by atoms with van der Waals surface area (Å²) in [5, 5.41) is 10.5. The van der Waals surface area contributed by atoms with Crippen molar-refractivity contribution in [1.29, 1.82) is 0 Å². The highest BCUT2D eigenvalue weighted by Crippen LogP contribution is 2.46. The largest absolute Gasteiger partial charge is 0.330 e.